The SMILES string of the molecule is CCOc1cc(N2C[C@H]3CCCN3C[C@@H]2C)ncn1. The van der Waals surface area contributed by atoms with E-state index in [9.17, 15) is 0 Å². The molecule has 1 aromatic rings. The van der Waals surface area contributed by atoms with Gasteiger partial charge in [-0.3, -0.25) is 4.90 Å². The lowest BCUT2D eigenvalue weighted by molar-refractivity contribution is 0.202. The second kappa shape index (κ2) is 5.33. The fourth-order valence-electron chi connectivity index (χ4n) is 3.22. The molecule has 0 radical (unpaired) electrons. The molecule has 2 atom stereocenters. The number of anilines is 1. The van der Waals surface area contributed by atoms with Crippen LogP contribution in [0.15, 0.2) is 12.4 Å². The van der Waals surface area contributed by atoms with E-state index in [0.717, 1.165) is 18.9 Å². The maximum absolute atomic E-state index is 5.47. The van der Waals surface area contributed by atoms with Crippen molar-refractivity contribution >= 4 is 5.82 Å². The monoisotopic (exact) mass is 262 g/mol. The van der Waals surface area contributed by atoms with Crippen molar-refractivity contribution in [1.82, 2.24) is 14.9 Å². The maximum Gasteiger partial charge on any atom is 0.218 e. The van der Waals surface area contributed by atoms with Gasteiger partial charge in [0.1, 0.15) is 12.1 Å². The molecule has 2 aliphatic rings. The molecule has 0 aliphatic carbocycles. The Hall–Kier alpha value is -1.36. The van der Waals surface area contributed by atoms with Crippen molar-refractivity contribution in [2.24, 2.45) is 0 Å². The number of hydrogen-bond donors (Lipinski definition) is 0. The first kappa shape index (κ1) is 12.7. The summed E-state index contributed by atoms with van der Waals surface area (Å²) in [5.74, 6) is 1.67. The number of fused-ring (bicyclic) bond motifs is 1. The van der Waals surface area contributed by atoms with Crippen LogP contribution in [0, 0.1) is 0 Å². The fraction of sp³-hybridized carbons (Fsp3) is 0.714. The van der Waals surface area contributed by atoms with E-state index in [1.54, 1.807) is 6.33 Å². The number of piperazine rings is 1. The van der Waals surface area contributed by atoms with Crippen molar-refractivity contribution in [1.29, 1.82) is 0 Å². The normalized spacial score (nSPS) is 27.4. The van der Waals surface area contributed by atoms with Crippen molar-refractivity contribution in [2.75, 3.05) is 31.1 Å². The van der Waals surface area contributed by atoms with Crippen molar-refractivity contribution in [2.45, 2.75) is 38.8 Å². The predicted molar refractivity (Wildman–Crippen MR) is 74.6 cm³/mol. The van der Waals surface area contributed by atoms with E-state index in [1.807, 2.05) is 13.0 Å². The van der Waals surface area contributed by atoms with E-state index in [1.165, 1.54) is 19.4 Å². The first-order valence-corrected chi connectivity index (χ1v) is 7.23. The van der Waals surface area contributed by atoms with Crippen molar-refractivity contribution in [3.63, 3.8) is 0 Å². The smallest absolute Gasteiger partial charge is 0.218 e. The average Bonchev–Trinajstić information content (AvgIpc) is 2.85. The zero-order valence-electron chi connectivity index (χ0n) is 11.7. The molecule has 0 unspecified atom stereocenters. The molecule has 5 heteroatoms. The lowest BCUT2D eigenvalue weighted by Crippen LogP contribution is -2.55. The highest BCUT2D eigenvalue weighted by Crippen LogP contribution is 2.28. The van der Waals surface area contributed by atoms with Gasteiger partial charge in [-0.1, -0.05) is 0 Å². The molecule has 0 N–H and O–H groups in total. The summed E-state index contributed by atoms with van der Waals surface area (Å²) in [6, 6.07) is 3.16. The van der Waals surface area contributed by atoms with Gasteiger partial charge in [0.25, 0.3) is 0 Å². The van der Waals surface area contributed by atoms with Gasteiger partial charge in [0.2, 0.25) is 5.88 Å². The largest absolute Gasteiger partial charge is 0.478 e. The molecule has 2 saturated heterocycles. The number of hydrogen-bond acceptors (Lipinski definition) is 5. The number of rotatable bonds is 3. The first-order chi connectivity index (χ1) is 9.28. The van der Waals surface area contributed by atoms with Crippen molar-refractivity contribution < 1.29 is 4.74 Å². The molecule has 19 heavy (non-hydrogen) atoms. The summed E-state index contributed by atoms with van der Waals surface area (Å²) in [6.07, 6.45) is 4.25. The Morgan fingerprint density at radius 3 is 3.11 bits per heavy atom. The van der Waals surface area contributed by atoms with Crippen LogP contribution >= 0.6 is 0 Å². The highest BCUT2D eigenvalue weighted by Gasteiger charge is 2.34. The molecular formula is C14H22N4O. The van der Waals surface area contributed by atoms with Crippen LogP contribution in [0.3, 0.4) is 0 Å². The van der Waals surface area contributed by atoms with Crippen LogP contribution in [0.1, 0.15) is 26.7 Å². The van der Waals surface area contributed by atoms with Gasteiger partial charge in [0, 0.05) is 31.2 Å². The van der Waals surface area contributed by atoms with Crippen molar-refractivity contribution in [3.05, 3.63) is 12.4 Å². The molecule has 3 rings (SSSR count). The molecule has 0 aromatic carbocycles. The van der Waals surface area contributed by atoms with E-state index in [-0.39, 0.29) is 0 Å². The molecule has 0 spiro atoms. The minimum absolute atomic E-state index is 0.499. The van der Waals surface area contributed by atoms with Gasteiger partial charge in [0.05, 0.1) is 6.61 Å². The van der Waals surface area contributed by atoms with Gasteiger partial charge in [0.15, 0.2) is 0 Å². The van der Waals surface area contributed by atoms with Crippen LogP contribution < -0.4 is 9.64 Å². The summed E-state index contributed by atoms with van der Waals surface area (Å²) >= 11 is 0. The van der Waals surface area contributed by atoms with Gasteiger partial charge in [-0.15, -0.1) is 0 Å². The number of ether oxygens (including phenoxy) is 1. The third-order valence-corrected chi connectivity index (χ3v) is 4.15. The second-order valence-electron chi connectivity index (χ2n) is 5.44. The van der Waals surface area contributed by atoms with Gasteiger partial charge >= 0.3 is 0 Å². The molecule has 2 fully saturated rings. The Labute approximate surface area is 114 Å². The topological polar surface area (TPSA) is 41.5 Å². The zero-order chi connectivity index (χ0) is 13.2. The van der Waals surface area contributed by atoms with Gasteiger partial charge in [-0.05, 0) is 33.2 Å². The van der Waals surface area contributed by atoms with Crippen LogP contribution in [-0.2, 0) is 0 Å². The van der Waals surface area contributed by atoms with Crippen LogP contribution in [0.2, 0.25) is 0 Å². The van der Waals surface area contributed by atoms with Crippen LogP contribution in [-0.4, -0.2) is 53.2 Å². The zero-order valence-corrected chi connectivity index (χ0v) is 11.7. The highest BCUT2D eigenvalue weighted by atomic mass is 16.5. The molecule has 5 nitrogen and oxygen atoms in total. The van der Waals surface area contributed by atoms with Crippen LogP contribution in [0.25, 0.3) is 0 Å². The van der Waals surface area contributed by atoms with E-state index >= 15 is 0 Å². The van der Waals surface area contributed by atoms with E-state index in [4.69, 9.17) is 4.74 Å². The quantitative estimate of drug-likeness (QED) is 0.826. The van der Waals surface area contributed by atoms with Crippen molar-refractivity contribution in [3.8, 4) is 5.88 Å². The summed E-state index contributed by atoms with van der Waals surface area (Å²) in [7, 11) is 0. The molecule has 0 saturated carbocycles. The molecule has 3 heterocycles. The van der Waals surface area contributed by atoms with Crippen LogP contribution in [0.4, 0.5) is 5.82 Å². The summed E-state index contributed by atoms with van der Waals surface area (Å²) in [5, 5.41) is 0. The second-order valence-corrected chi connectivity index (χ2v) is 5.44. The number of aromatic nitrogens is 2. The Bertz CT molecular complexity index is 439. The van der Waals surface area contributed by atoms with Gasteiger partial charge in [-0.25, -0.2) is 9.97 Å². The molecule has 1 aromatic heterocycles. The van der Waals surface area contributed by atoms with E-state index in [0.29, 0.717) is 24.6 Å². The lowest BCUT2D eigenvalue weighted by Gasteiger charge is -2.42. The highest BCUT2D eigenvalue weighted by molar-refractivity contribution is 5.43. The third-order valence-electron chi connectivity index (χ3n) is 4.15. The maximum atomic E-state index is 5.47. The van der Waals surface area contributed by atoms with Gasteiger partial charge < -0.3 is 9.64 Å². The number of nitrogens with zero attached hydrogens (tertiary/aromatic N) is 4. The Morgan fingerprint density at radius 1 is 1.37 bits per heavy atom. The molecular weight excluding hydrogens is 240 g/mol. The Kier molecular flexibility index (Phi) is 3.55. The van der Waals surface area contributed by atoms with E-state index < -0.39 is 0 Å². The molecule has 0 amide bonds. The third kappa shape index (κ3) is 2.52. The summed E-state index contributed by atoms with van der Waals surface area (Å²) in [6.45, 7) is 8.36. The molecule has 0 bridgehead atoms. The minimum Gasteiger partial charge on any atom is -0.478 e. The Morgan fingerprint density at radius 2 is 2.26 bits per heavy atom. The summed E-state index contributed by atoms with van der Waals surface area (Å²) in [4.78, 5) is 13.6. The van der Waals surface area contributed by atoms with Crippen LogP contribution in [0.5, 0.6) is 5.88 Å². The lowest BCUT2D eigenvalue weighted by atomic mass is 10.1. The Balaban J connectivity index is 1.78. The predicted octanol–water partition coefficient (Wildman–Crippen LogP) is 1.55. The average molecular weight is 262 g/mol. The molecule has 104 valence electrons. The summed E-state index contributed by atoms with van der Waals surface area (Å²) in [5.41, 5.74) is 0. The molecule has 2 aliphatic heterocycles. The van der Waals surface area contributed by atoms with E-state index in [2.05, 4.69) is 26.7 Å². The van der Waals surface area contributed by atoms with Gasteiger partial charge in [-0.2, -0.15) is 0 Å². The summed E-state index contributed by atoms with van der Waals surface area (Å²) < 4.78 is 5.47. The standard InChI is InChI=1S/C14H22N4O/c1-3-19-14-7-13(15-10-16-14)18-9-12-5-4-6-17(12)8-11(18)2/h7,10-12H,3-6,8-9H2,1-2H3/t11-,12+/m0/s1. The first-order valence-electron chi connectivity index (χ1n) is 7.23. The minimum atomic E-state index is 0.499. The fourth-order valence-corrected chi connectivity index (χ4v) is 3.22.